The van der Waals surface area contributed by atoms with Crippen LogP contribution >= 0.6 is 0 Å². The number of ether oxygens (including phenoxy) is 1. The zero-order valence-electron chi connectivity index (χ0n) is 8.75. The average Bonchev–Trinajstić information content (AvgIpc) is 2.39. The van der Waals surface area contributed by atoms with Gasteiger partial charge in [0.25, 0.3) is 0 Å². The van der Waals surface area contributed by atoms with Crippen molar-refractivity contribution in [2.45, 2.75) is 32.3 Å². The fourth-order valence-corrected chi connectivity index (χ4v) is 2.91. The molecule has 2 rings (SSSR count). The summed E-state index contributed by atoms with van der Waals surface area (Å²) in [6.45, 7) is 4.03. The highest BCUT2D eigenvalue weighted by Crippen LogP contribution is 2.53. The monoisotopic (exact) mass is 195 g/mol. The Morgan fingerprint density at radius 1 is 1.79 bits per heavy atom. The van der Waals surface area contributed by atoms with Gasteiger partial charge in [-0.15, -0.1) is 0 Å². The highest BCUT2D eigenvalue weighted by atomic mass is 16.6. The predicted octanol–water partition coefficient (Wildman–Crippen LogP) is 1.23. The van der Waals surface area contributed by atoms with Crippen molar-refractivity contribution in [1.29, 1.82) is 0 Å². The molecule has 2 N–H and O–H groups in total. The number of esters is 1. The second-order valence-corrected chi connectivity index (χ2v) is 4.57. The van der Waals surface area contributed by atoms with Crippen LogP contribution in [0, 0.1) is 11.8 Å². The Kier molecular flexibility index (Phi) is 2.14. The fourth-order valence-electron chi connectivity index (χ4n) is 2.91. The van der Waals surface area contributed by atoms with E-state index in [1.165, 1.54) is 12.5 Å². The second-order valence-electron chi connectivity index (χ2n) is 4.57. The SMILES string of the molecule is CC(=O)O[C@]1(CN)C[C@@H]2CC(C)=C[C@@H]21. The molecule has 0 unspecified atom stereocenters. The molecule has 0 aromatic heterocycles. The molecule has 1 saturated carbocycles. The molecule has 0 saturated heterocycles. The van der Waals surface area contributed by atoms with E-state index in [1.54, 1.807) is 0 Å². The van der Waals surface area contributed by atoms with Crippen molar-refractivity contribution >= 4 is 5.97 Å². The Bertz CT molecular complexity index is 298. The first-order valence-corrected chi connectivity index (χ1v) is 5.14. The molecule has 0 radical (unpaired) electrons. The van der Waals surface area contributed by atoms with Gasteiger partial charge < -0.3 is 10.5 Å². The van der Waals surface area contributed by atoms with Crippen LogP contribution in [0.2, 0.25) is 0 Å². The Morgan fingerprint density at radius 3 is 3.00 bits per heavy atom. The molecule has 3 heteroatoms. The highest BCUT2D eigenvalue weighted by molar-refractivity contribution is 5.67. The van der Waals surface area contributed by atoms with Crippen LogP contribution in [0.5, 0.6) is 0 Å². The maximum absolute atomic E-state index is 11.0. The number of nitrogens with two attached hydrogens (primary N) is 1. The summed E-state index contributed by atoms with van der Waals surface area (Å²) >= 11 is 0. The summed E-state index contributed by atoms with van der Waals surface area (Å²) in [7, 11) is 0. The first kappa shape index (κ1) is 9.71. The predicted molar refractivity (Wildman–Crippen MR) is 53.5 cm³/mol. The molecule has 3 atom stereocenters. The number of hydrogen-bond acceptors (Lipinski definition) is 3. The first-order chi connectivity index (χ1) is 6.57. The largest absolute Gasteiger partial charge is 0.457 e. The van der Waals surface area contributed by atoms with E-state index in [1.807, 2.05) is 0 Å². The molecule has 14 heavy (non-hydrogen) atoms. The molecule has 2 aliphatic carbocycles. The van der Waals surface area contributed by atoms with E-state index in [-0.39, 0.29) is 11.6 Å². The van der Waals surface area contributed by atoms with Crippen molar-refractivity contribution in [2.24, 2.45) is 17.6 Å². The standard InChI is InChI=1S/C11H17NO2/c1-7-3-9-5-11(6-12,10(9)4-7)14-8(2)13/h4,9-10H,3,5-6,12H2,1-2H3/t9-,10-,11-/m0/s1. The molecule has 0 bridgehead atoms. The lowest BCUT2D eigenvalue weighted by molar-refractivity contribution is -0.181. The van der Waals surface area contributed by atoms with Gasteiger partial charge in [0.2, 0.25) is 0 Å². The third kappa shape index (κ3) is 1.27. The van der Waals surface area contributed by atoms with E-state index in [4.69, 9.17) is 10.5 Å². The van der Waals surface area contributed by atoms with E-state index in [9.17, 15) is 4.79 Å². The number of fused-ring (bicyclic) bond motifs is 1. The van der Waals surface area contributed by atoms with Crippen molar-refractivity contribution in [3.8, 4) is 0 Å². The van der Waals surface area contributed by atoms with Gasteiger partial charge in [-0.2, -0.15) is 0 Å². The molecule has 0 spiro atoms. The van der Waals surface area contributed by atoms with Crippen LogP contribution in [0.1, 0.15) is 26.7 Å². The van der Waals surface area contributed by atoms with Crippen molar-refractivity contribution in [2.75, 3.05) is 6.54 Å². The van der Waals surface area contributed by atoms with Gasteiger partial charge in [-0.1, -0.05) is 11.6 Å². The minimum atomic E-state index is -0.381. The Hall–Kier alpha value is -0.830. The van der Waals surface area contributed by atoms with E-state index >= 15 is 0 Å². The minimum absolute atomic E-state index is 0.216. The summed E-state index contributed by atoms with van der Waals surface area (Å²) in [5, 5.41) is 0. The van der Waals surface area contributed by atoms with E-state index in [0.29, 0.717) is 18.4 Å². The van der Waals surface area contributed by atoms with Gasteiger partial charge in [0.05, 0.1) is 0 Å². The molecule has 3 nitrogen and oxygen atoms in total. The van der Waals surface area contributed by atoms with Gasteiger partial charge >= 0.3 is 5.97 Å². The molecular weight excluding hydrogens is 178 g/mol. The average molecular weight is 195 g/mol. The number of carbonyl (C=O) groups is 1. The van der Waals surface area contributed by atoms with Crippen molar-refractivity contribution < 1.29 is 9.53 Å². The van der Waals surface area contributed by atoms with Crippen molar-refractivity contribution in [3.63, 3.8) is 0 Å². The van der Waals surface area contributed by atoms with E-state index < -0.39 is 0 Å². The Morgan fingerprint density at radius 2 is 2.50 bits per heavy atom. The number of allylic oxidation sites excluding steroid dienone is 1. The Balaban J connectivity index is 2.13. The van der Waals surface area contributed by atoms with Crippen molar-refractivity contribution in [3.05, 3.63) is 11.6 Å². The van der Waals surface area contributed by atoms with Gasteiger partial charge in [-0.05, 0) is 25.7 Å². The topological polar surface area (TPSA) is 52.3 Å². The van der Waals surface area contributed by atoms with Crippen LogP contribution in [-0.4, -0.2) is 18.1 Å². The summed E-state index contributed by atoms with van der Waals surface area (Å²) in [6, 6.07) is 0. The summed E-state index contributed by atoms with van der Waals surface area (Å²) in [4.78, 5) is 11.0. The van der Waals surface area contributed by atoms with Crippen LogP contribution in [0.3, 0.4) is 0 Å². The lowest BCUT2D eigenvalue weighted by atomic mass is 9.62. The summed E-state index contributed by atoms with van der Waals surface area (Å²) in [5.74, 6) is 0.821. The smallest absolute Gasteiger partial charge is 0.303 e. The van der Waals surface area contributed by atoms with E-state index in [0.717, 1.165) is 12.8 Å². The van der Waals surface area contributed by atoms with Gasteiger partial charge in [0.15, 0.2) is 0 Å². The summed E-state index contributed by atoms with van der Waals surface area (Å²) in [6.07, 6.45) is 4.30. The molecule has 2 aliphatic rings. The quantitative estimate of drug-likeness (QED) is 0.532. The summed E-state index contributed by atoms with van der Waals surface area (Å²) < 4.78 is 5.38. The van der Waals surface area contributed by atoms with Crippen LogP contribution in [0.4, 0.5) is 0 Å². The highest BCUT2D eigenvalue weighted by Gasteiger charge is 2.56. The van der Waals surface area contributed by atoms with Crippen LogP contribution < -0.4 is 5.73 Å². The van der Waals surface area contributed by atoms with Crippen LogP contribution in [-0.2, 0) is 9.53 Å². The lowest BCUT2D eigenvalue weighted by Gasteiger charge is -2.50. The number of hydrogen-bond donors (Lipinski definition) is 1. The minimum Gasteiger partial charge on any atom is -0.457 e. The third-order valence-corrected chi connectivity index (χ3v) is 3.46. The number of carbonyl (C=O) groups excluding carboxylic acids is 1. The molecule has 0 aromatic carbocycles. The van der Waals surface area contributed by atoms with E-state index in [2.05, 4.69) is 13.0 Å². The lowest BCUT2D eigenvalue weighted by Crippen LogP contribution is -2.58. The van der Waals surface area contributed by atoms with Gasteiger partial charge in [0, 0.05) is 19.4 Å². The zero-order chi connectivity index (χ0) is 10.3. The van der Waals surface area contributed by atoms with Crippen LogP contribution in [0.25, 0.3) is 0 Å². The maximum Gasteiger partial charge on any atom is 0.303 e. The molecular formula is C11H17NO2. The third-order valence-electron chi connectivity index (χ3n) is 3.46. The molecule has 78 valence electrons. The van der Waals surface area contributed by atoms with Gasteiger partial charge in [0.1, 0.15) is 5.60 Å². The van der Waals surface area contributed by atoms with Crippen molar-refractivity contribution in [1.82, 2.24) is 0 Å². The molecule has 0 aromatic rings. The second kappa shape index (κ2) is 3.09. The zero-order valence-corrected chi connectivity index (χ0v) is 8.75. The Labute approximate surface area is 84.3 Å². The summed E-state index contributed by atoms with van der Waals surface area (Å²) in [5.41, 5.74) is 6.74. The normalized spacial score (nSPS) is 39.8. The van der Waals surface area contributed by atoms with Crippen LogP contribution in [0.15, 0.2) is 11.6 Å². The molecule has 0 heterocycles. The first-order valence-electron chi connectivity index (χ1n) is 5.14. The van der Waals surface area contributed by atoms with Gasteiger partial charge in [-0.3, -0.25) is 4.79 Å². The molecule has 0 aliphatic heterocycles. The fraction of sp³-hybridized carbons (Fsp3) is 0.727. The van der Waals surface area contributed by atoms with Gasteiger partial charge in [-0.25, -0.2) is 0 Å². The molecule has 0 amide bonds. The molecule has 1 fully saturated rings. The maximum atomic E-state index is 11.0. The number of rotatable bonds is 2.